The van der Waals surface area contributed by atoms with E-state index in [0.717, 1.165) is 48.1 Å². The molecule has 0 bridgehead atoms. The predicted molar refractivity (Wildman–Crippen MR) is 119 cm³/mol. The molecule has 0 atom stereocenters. The van der Waals surface area contributed by atoms with E-state index in [1.54, 1.807) is 0 Å². The van der Waals surface area contributed by atoms with Crippen LogP contribution in [0.2, 0.25) is 0 Å². The summed E-state index contributed by atoms with van der Waals surface area (Å²) in [5.74, 6) is 0.172. The molecule has 10 heteroatoms. The van der Waals surface area contributed by atoms with Crippen molar-refractivity contribution in [2.75, 3.05) is 17.1 Å². The summed E-state index contributed by atoms with van der Waals surface area (Å²) in [5, 5.41) is 6.58. The summed E-state index contributed by atoms with van der Waals surface area (Å²) in [6.07, 6.45) is 4.78. The van der Waals surface area contributed by atoms with Gasteiger partial charge >= 0.3 is 0 Å². The minimum absolute atomic E-state index is 0.0828. The molecule has 2 heterocycles. The molecule has 0 spiro atoms. The maximum absolute atomic E-state index is 13.2. The number of ether oxygens (including phenoxy) is 1. The fraction of sp³-hybridized carbons (Fsp3) is 0.318. The number of aryl methyl sites for hydroxylation is 3. The lowest BCUT2D eigenvalue weighted by Crippen LogP contribution is -2.18. The number of amides is 1. The number of methoxy groups -OCH3 is 1. The first-order valence-electron chi connectivity index (χ1n) is 10.2. The summed E-state index contributed by atoms with van der Waals surface area (Å²) in [6.45, 7) is 3.63. The molecule has 0 radical (unpaired) electrons. The maximum atomic E-state index is 13.2. The van der Waals surface area contributed by atoms with E-state index >= 15 is 0 Å². The van der Waals surface area contributed by atoms with Crippen LogP contribution < -0.4 is 14.8 Å². The van der Waals surface area contributed by atoms with Gasteiger partial charge in [0.25, 0.3) is 15.9 Å². The molecule has 0 aliphatic heterocycles. The van der Waals surface area contributed by atoms with Crippen molar-refractivity contribution in [3.05, 3.63) is 58.6 Å². The van der Waals surface area contributed by atoms with Crippen molar-refractivity contribution in [2.45, 2.75) is 44.4 Å². The van der Waals surface area contributed by atoms with Crippen molar-refractivity contribution >= 4 is 27.3 Å². The topological polar surface area (TPSA) is 123 Å². The van der Waals surface area contributed by atoms with Crippen LogP contribution in [0.5, 0.6) is 5.88 Å². The number of carbonyl (C=O) groups is 1. The van der Waals surface area contributed by atoms with E-state index in [1.165, 1.54) is 19.4 Å². The lowest BCUT2D eigenvalue weighted by Gasteiger charge is -2.15. The first kappa shape index (κ1) is 21.8. The Hall–Kier alpha value is -3.40. The third kappa shape index (κ3) is 4.18. The molecule has 168 valence electrons. The van der Waals surface area contributed by atoms with E-state index in [2.05, 4.69) is 20.2 Å². The van der Waals surface area contributed by atoms with E-state index < -0.39 is 15.9 Å². The number of anilines is 2. The molecular formula is C22H24N4O5S. The molecule has 0 saturated carbocycles. The van der Waals surface area contributed by atoms with Crippen molar-refractivity contribution in [3.8, 4) is 5.88 Å². The summed E-state index contributed by atoms with van der Waals surface area (Å²) < 4.78 is 39.4. The monoisotopic (exact) mass is 456 g/mol. The van der Waals surface area contributed by atoms with Gasteiger partial charge in [0, 0.05) is 12.0 Å². The van der Waals surface area contributed by atoms with Gasteiger partial charge in [-0.1, -0.05) is 23.4 Å². The quantitative estimate of drug-likeness (QED) is 0.580. The number of rotatable bonds is 6. The van der Waals surface area contributed by atoms with Crippen LogP contribution in [0.4, 0.5) is 11.4 Å². The number of sulfonamides is 1. The lowest BCUT2D eigenvalue weighted by atomic mass is 9.96. The zero-order chi connectivity index (χ0) is 22.9. The van der Waals surface area contributed by atoms with E-state index in [-0.39, 0.29) is 22.2 Å². The van der Waals surface area contributed by atoms with Crippen molar-refractivity contribution < 1.29 is 22.5 Å². The number of hydrogen-bond donors (Lipinski definition) is 2. The summed E-state index contributed by atoms with van der Waals surface area (Å²) in [6, 6.07) is 6.79. The Morgan fingerprint density at radius 1 is 1.16 bits per heavy atom. The Morgan fingerprint density at radius 2 is 1.88 bits per heavy atom. The Kier molecular flexibility index (Phi) is 5.88. The zero-order valence-corrected chi connectivity index (χ0v) is 18.9. The van der Waals surface area contributed by atoms with E-state index in [9.17, 15) is 13.2 Å². The predicted octanol–water partition coefficient (Wildman–Crippen LogP) is 3.63. The second-order valence-electron chi connectivity index (χ2n) is 7.70. The van der Waals surface area contributed by atoms with Gasteiger partial charge in [0.05, 0.1) is 24.7 Å². The number of hydrogen-bond acceptors (Lipinski definition) is 7. The van der Waals surface area contributed by atoms with Gasteiger partial charge in [-0.25, -0.2) is 13.4 Å². The highest BCUT2D eigenvalue weighted by Crippen LogP contribution is 2.30. The average molecular weight is 457 g/mol. The van der Waals surface area contributed by atoms with Gasteiger partial charge < -0.3 is 14.6 Å². The van der Waals surface area contributed by atoms with Crippen molar-refractivity contribution in [1.29, 1.82) is 0 Å². The highest BCUT2D eigenvalue weighted by atomic mass is 32.2. The molecule has 2 N–H and O–H groups in total. The van der Waals surface area contributed by atoms with Crippen LogP contribution in [0.25, 0.3) is 0 Å². The number of nitrogens with zero attached hydrogens (tertiary/aromatic N) is 2. The molecule has 9 nitrogen and oxygen atoms in total. The van der Waals surface area contributed by atoms with Gasteiger partial charge in [-0.3, -0.25) is 9.52 Å². The van der Waals surface area contributed by atoms with Crippen LogP contribution >= 0.6 is 0 Å². The minimum atomic E-state index is -4.05. The van der Waals surface area contributed by atoms with Gasteiger partial charge in [0.15, 0.2) is 10.6 Å². The number of carbonyl (C=O) groups excluding carboxylic acids is 1. The maximum Gasteiger partial charge on any atom is 0.278 e. The number of pyridine rings is 1. The fourth-order valence-electron chi connectivity index (χ4n) is 3.76. The molecule has 1 aliphatic rings. The molecule has 0 unspecified atom stereocenters. The number of fused-ring (bicyclic) bond motifs is 1. The number of nitrogens with one attached hydrogen (secondary N) is 2. The highest BCUT2D eigenvalue weighted by molar-refractivity contribution is 7.92. The third-order valence-electron chi connectivity index (χ3n) is 5.44. The zero-order valence-electron chi connectivity index (χ0n) is 18.1. The molecule has 1 aromatic carbocycles. The van der Waals surface area contributed by atoms with Crippen LogP contribution in [0, 0.1) is 13.8 Å². The number of para-hydroxylation sites is 1. The number of benzene rings is 1. The van der Waals surface area contributed by atoms with Gasteiger partial charge in [-0.05, 0) is 50.3 Å². The van der Waals surface area contributed by atoms with Crippen molar-refractivity contribution in [1.82, 2.24) is 10.1 Å². The average Bonchev–Trinajstić information content (AvgIpc) is 3.21. The Balaban J connectivity index is 1.64. The highest BCUT2D eigenvalue weighted by Gasteiger charge is 2.26. The van der Waals surface area contributed by atoms with Crippen LogP contribution in [-0.4, -0.2) is 31.6 Å². The third-order valence-corrected chi connectivity index (χ3v) is 6.79. The normalized spacial score (nSPS) is 13.3. The summed E-state index contributed by atoms with van der Waals surface area (Å²) >= 11 is 0. The fourth-order valence-corrected chi connectivity index (χ4v) is 5.11. The molecule has 1 aliphatic carbocycles. The molecule has 0 saturated heterocycles. The van der Waals surface area contributed by atoms with Crippen molar-refractivity contribution in [2.24, 2.45) is 0 Å². The second-order valence-corrected chi connectivity index (χ2v) is 9.35. The number of aromatic nitrogens is 2. The SMILES string of the molecule is COc1ncc(NC(=O)c2noc3c2CCCC3)cc1S(=O)(=O)Nc1c(C)cccc1C. The summed E-state index contributed by atoms with van der Waals surface area (Å²) in [7, 11) is -2.72. The summed E-state index contributed by atoms with van der Waals surface area (Å²) in [5.41, 5.74) is 3.26. The molecule has 32 heavy (non-hydrogen) atoms. The summed E-state index contributed by atoms with van der Waals surface area (Å²) in [4.78, 5) is 16.7. The molecule has 4 rings (SSSR count). The Labute approximate surface area is 186 Å². The van der Waals surface area contributed by atoms with Gasteiger partial charge in [0.1, 0.15) is 5.76 Å². The first-order chi connectivity index (χ1) is 15.3. The molecule has 0 fully saturated rings. The smallest absolute Gasteiger partial charge is 0.278 e. The Morgan fingerprint density at radius 3 is 2.59 bits per heavy atom. The van der Waals surface area contributed by atoms with Crippen LogP contribution in [0.3, 0.4) is 0 Å². The molecular weight excluding hydrogens is 432 g/mol. The van der Waals surface area contributed by atoms with Gasteiger partial charge in [-0.15, -0.1) is 0 Å². The largest absolute Gasteiger partial charge is 0.480 e. The van der Waals surface area contributed by atoms with Crippen LogP contribution in [0.1, 0.15) is 45.8 Å². The van der Waals surface area contributed by atoms with Gasteiger partial charge in [0.2, 0.25) is 5.88 Å². The molecule has 2 aromatic heterocycles. The minimum Gasteiger partial charge on any atom is -0.480 e. The first-order valence-corrected chi connectivity index (χ1v) is 11.7. The van der Waals surface area contributed by atoms with Gasteiger partial charge in [-0.2, -0.15) is 0 Å². The van der Waals surface area contributed by atoms with E-state index in [1.807, 2.05) is 32.0 Å². The molecule has 1 amide bonds. The van der Waals surface area contributed by atoms with Crippen molar-refractivity contribution in [3.63, 3.8) is 0 Å². The molecule has 3 aromatic rings. The van der Waals surface area contributed by atoms with Crippen LogP contribution in [0.15, 0.2) is 39.9 Å². The van der Waals surface area contributed by atoms with Crippen LogP contribution in [-0.2, 0) is 22.9 Å². The second kappa shape index (κ2) is 8.62. The van der Waals surface area contributed by atoms with E-state index in [4.69, 9.17) is 9.26 Å². The Bertz CT molecular complexity index is 1260. The standard InChI is InChI=1S/C22H24N4O5S/c1-13-7-6-8-14(2)19(13)26-32(28,29)18-11-15(12-23-22(18)30-3)24-21(27)20-16-9-4-5-10-17(16)31-25-20/h6-8,11-12,26H,4-5,9-10H2,1-3H3,(H,24,27). The van der Waals surface area contributed by atoms with E-state index in [0.29, 0.717) is 5.69 Å². The lowest BCUT2D eigenvalue weighted by molar-refractivity contribution is 0.101.